The highest BCUT2D eigenvalue weighted by Gasteiger charge is 2.52. The van der Waals surface area contributed by atoms with Crippen LogP contribution in [0.2, 0.25) is 0 Å². The third-order valence-corrected chi connectivity index (χ3v) is 14.3. The smallest absolute Gasteiger partial charge is 0.143 e. The van der Waals surface area contributed by atoms with Gasteiger partial charge in [0, 0.05) is 38.5 Å². The van der Waals surface area contributed by atoms with Crippen molar-refractivity contribution in [1.29, 1.82) is 0 Å². The van der Waals surface area contributed by atoms with E-state index in [4.69, 9.17) is 4.42 Å². The summed E-state index contributed by atoms with van der Waals surface area (Å²) in [7, 11) is 0. The highest BCUT2D eigenvalue weighted by atomic mass is 16.3. The van der Waals surface area contributed by atoms with Gasteiger partial charge >= 0.3 is 0 Å². The lowest BCUT2D eigenvalue weighted by Gasteiger charge is -2.32. The van der Waals surface area contributed by atoms with Crippen LogP contribution < -0.4 is 4.90 Å². The van der Waals surface area contributed by atoms with Gasteiger partial charge in [-0.2, -0.15) is 0 Å². The molecule has 1 heterocycles. The van der Waals surface area contributed by atoms with Crippen molar-refractivity contribution in [3.8, 4) is 44.5 Å². The zero-order chi connectivity index (χ0) is 42.6. The Balaban J connectivity index is 1.03. The van der Waals surface area contributed by atoms with E-state index in [1.54, 1.807) is 0 Å². The summed E-state index contributed by atoms with van der Waals surface area (Å²) in [6, 6.07) is 87.0. The normalized spacial score (nSPS) is 13.0. The molecule has 11 aromatic carbocycles. The average molecular weight is 826 g/mol. The molecule has 2 aliphatic carbocycles. The molecular weight excluding hydrogens is 787 g/mol. The van der Waals surface area contributed by atoms with E-state index in [0.29, 0.717) is 0 Å². The number of hydrogen-bond donors (Lipinski definition) is 0. The predicted octanol–water partition coefficient (Wildman–Crippen LogP) is 17.0. The van der Waals surface area contributed by atoms with Crippen molar-refractivity contribution >= 4 is 60.5 Å². The van der Waals surface area contributed by atoms with Crippen LogP contribution in [-0.4, -0.2) is 0 Å². The second kappa shape index (κ2) is 13.8. The van der Waals surface area contributed by atoms with Crippen molar-refractivity contribution in [3.63, 3.8) is 0 Å². The van der Waals surface area contributed by atoms with Crippen LogP contribution in [-0.2, 0) is 5.41 Å². The van der Waals surface area contributed by atoms with Crippen LogP contribution in [0.5, 0.6) is 0 Å². The van der Waals surface area contributed by atoms with E-state index in [1.165, 1.54) is 71.8 Å². The Hall–Kier alpha value is -8.46. The van der Waals surface area contributed by atoms with Gasteiger partial charge < -0.3 is 9.32 Å². The summed E-state index contributed by atoms with van der Waals surface area (Å²) in [5.41, 5.74) is 19.5. The highest BCUT2D eigenvalue weighted by molar-refractivity contribution is 6.18. The monoisotopic (exact) mass is 825 g/mol. The fourth-order valence-corrected chi connectivity index (χ4v) is 11.5. The number of rotatable bonds is 5. The molecule has 0 atom stereocenters. The number of nitrogens with zero attached hydrogens (tertiary/aromatic N) is 1. The van der Waals surface area contributed by atoms with E-state index in [-0.39, 0.29) is 0 Å². The van der Waals surface area contributed by atoms with E-state index in [0.717, 1.165) is 55.5 Å². The molecule has 0 saturated carbocycles. The van der Waals surface area contributed by atoms with Crippen LogP contribution >= 0.6 is 0 Å². The largest absolute Gasteiger partial charge is 0.455 e. The number of anilines is 3. The van der Waals surface area contributed by atoms with Gasteiger partial charge in [-0.05, 0) is 103 Å². The molecule has 0 radical (unpaired) electrons. The number of hydrogen-bond acceptors (Lipinski definition) is 2. The van der Waals surface area contributed by atoms with Crippen LogP contribution in [0.1, 0.15) is 22.3 Å². The fourth-order valence-electron chi connectivity index (χ4n) is 11.5. The van der Waals surface area contributed by atoms with Gasteiger partial charge in [-0.1, -0.05) is 200 Å². The van der Waals surface area contributed by atoms with Gasteiger partial charge in [0.15, 0.2) is 0 Å². The minimum atomic E-state index is -0.469. The third-order valence-electron chi connectivity index (χ3n) is 14.3. The van der Waals surface area contributed by atoms with E-state index in [9.17, 15) is 0 Å². The maximum absolute atomic E-state index is 7.02. The van der Waals surface area contributed by atoms with Gasteiger partial charge in [-0.15, -0.1) is 0 Å². The van der Waals surface area contributed by atoms with Crippen molar-refractivity contribution in [1.82, 2.24) is 0 Å². The lowest BCUT2D eigenvalue weighted by Crippen LogP contribution is -2.26. The molecule has 0 aliphatic heterocycles. The molecule has 1 aromatic heterocycles. The summed E-state index contributed by atoms with van der Waals surface area (Å²) in [5.74, 6) is 0. The standard InChI is InChI=1S/C63H39NO/c1-2-17-43-39-44(32-31-40(43)15-1)41-33-36-45(37-34-41)64(58-29-12-8-21-49(58)50-23-13-24-51-52-38-35-42-16-3-4-18-46(42)61(52)65-62(50)51)59-30-14-28-57-60(59)53-22-7-11-27-56(53)63(57)54-25-9-5-19-47(54)48-20-6-10-26-55(48)63/h1-39H. The van der Waals surface area contributed by atoms with Crippen LogP contribution in [0.25, 0.3) is 88.0 Å². The van der Waals surface area contributed by atoms with E-state index >= 15 is 0 Å². The maximum Gasteiger partial charge on any atom is 0.143 e. The van der Waals surface area contributed by atoms with Gasteiger partial charge in [-0.25, -0.2) is 0 Å². The summed E-state index contributed by atoms with van der Waals surface area (Å²) < 4.78 is 7.02. The minimum absolute atomic E-state index is 0.469. The van der Waals surface area contributed by atoms with Gasteiger partial charge in [0.05, 0.1) is 16.8 Å². The first-order valence-electron chi connectivity index (χ1n) is 22.5. The Kier molecular flexibility index (Phi) is 7.64. The SMILES string of the molecule is c1ccc(N(c2ccc(-c3ccc4ccccc4c3)cc2)c2cccc3c2-c2ccccc2C32c3ccccc3-c3ccccc32)c(-c2cccc3c2oc2c4ccccc4ccc32)c1. The van der Waals surface area contributed by atoms with Gasteiger partial charge in [-0.3, -0.25) is 0 Å². The van der Waals surface area contributed by atoms with Crippen LogP contribution in [0.15, 0.2) is 241 Å². The topological polar surface area (TPSA) is 16.4 Å². The number of fused-ring (bicyclic) bond motifs is 16. The maximum atomic E-state index is 7.02. The average Bonchev–Trinajstić information content (AvgIpc) is 4.02. The summed E-state index contributed by atoms with van der Waals surface area (Å²) in [4.78, 5) is 2.50. The van der Waals surface area contributed by atoms with Crippen molar-refractivity contribution in [2.75, 3.05) is 4.90 Å². The Morgan fingerprint density at radius 1 is 0.308 bits per heavy atom. The predicted molar refractivity (Wildman–Crippen MR) is 271 cm³/mol. The van der Waals surface area contributed by atoms with Gasteiger partial charge in [0.2, 0.25) is 0 Å². The number of para-hydroxylation sites is 2. The highest BCUT2D eigenvalue weighted by Crippen LogP contribution is 2.65. The zero-order valence-corrected chi connectivity index (χ0v) is 35.4. The van der Waals surface area contributed by atoms with Gasteiger partial charge in [0.25, 0.3) is 0 Å². The van der Waals surface area contributed by atoms with Crippen LogP contribution in [0, 0.1) is 0 Å². The minimum Gasteiger partial charge on any atom is -0.455 e. The van der Waals surface area contributed by atoms with Crippen LogP contribution in [0.3, 0.4) is 0 Å². The lowest BCUT2D eigenvalue weighted by atomic mass is 9.70. The molecule has 302 valence electrons. The Morgan fingerprint density at radius 3 is 1.62 bits per heavy atom. The molecule has 14 rings (SSSR count). The molecule has 0 amide bonds. The lowest BCUT2D eigenvalue weighted by molar-refractivity contribution is 0.674. The number of benzene rings is 11. The molecule has 0 unspecified atom stereocenters. The molecule has 2 heteroatoms. The second-order valence-corrected chi connectivity index (χ2v) is 17.5. The molecule has 0 bridgehead atoms. The van der Waals surface area contributed by atoms with E-state index in [1.807, 2.05) is 0 Å². The van der Waals surface area contributed by atoms with Crippen molar-refractivity contribution in [2.45, 2.75) is 5.41 Å². The first-order valence-corrected chi connectivity index (χ1v) is 22.5. The molecule has 12 aromatic rings. The summed E-state index contributed by atoms with van der Waals surface area (Å²) in [6.45, 7) is 0. The second-order valence-electron chi connectivity index (χ2n) is 17.5. The van der Waals surface area contributed by atoms with E-state index < -0.39 is 5.41 Å². The van der Waals surface area contributed by atoms with Crippen molar-refractivity contribution in [2.24, 2.45) is 0 Å². The molecule has 0 fully saturated rings. The van der Waals surface area contributed by atoms with Crippen molar-refractivity contribution < 1.29 is 4.42 Å². The molecule has 65 heavy (non-hydrogen) atoms. The Morgan fingerprint density at radius 2 is 0.831 bits per heavy atom. The zero-order valence-electron chi connectivity index (χ0n) is 35.4. The summed E-state index contributed by atoms with van der Waals surface area (Å²) in [6.07, 6.45) is 0. The fraction of sp³-hybridized carbons (Fsp3) is 0.0159. The van der Waals surface area contributed by atoms with Crippen LogP contribution in [0.4, 0.5) is 17.1 Å². The Bertz CT molecular complexity index is 3860. The molecule has 0 N–H and O–H groups in total. The van der Waals surface area contributed by atoms with E-state index in [2.05, 4.69) is 241 Å². The molecule has 0 saturated heterocycles. The van der Waals surface area contributed by atoms with Gasteiger partial charge in [0.1, 0.15) is 11.2 Å². The van der Waals surface area contributed by atoms with Crippen molar-refractivity contribution in [3.05, 3.63) is 259 Å². The molecular formula is C63H39NO. The number of furan rings is 1. The first-order chi connectivity index (χ1) is 32.3. The molecule has 1 spiro atoms. The quantitative estimate of drug-likeness (QED) is 0.172. The summed E-state index contributed by atoms with van der Waals surface area (Å²) >= 11 is 0. The third kappa shape index (κ3) is 5.05. The molecule has 2 aliphatic rings. The first kappa shape index (κ1) is 36.1. The Labute approximate surface area is 376 Å². The summed E-state index contributed by atoms with van der Waals surface area (Å²) in [5, 5.41) is 7.00. The molecule has 2 nitrogen and oxygen atoms in total.